The molecule has 1 fully saturated rings. The molecule has 2 aliphatic heterocycles. The summed E-state index contributed by atoms with van der Waals surface area (Å²) in [5, 5.41) is 5.72. The van der Waals surface area contributed by atoms with Crippen molar-refractivity contribution in [1.29, 1.82) is 0 Å². The first-order chi connectivity index (χ1) is 18.6. The molecule has 1 unspecified atom stereocenters. The van der Waals surface area contributed by atoms with Crippen LogP contribution in [0.25, 0.3) is 11.3 Å². The van der Waals surface area contributed by atoms with Gasteiger partial charge in [-0.05, 0) is 91.9 Å². The minimum Gasteiger partial charge on any atom is -0.353 e. The number of imidazole rings is 1. The van der Waals surface area contributed by atoms with Crippen LogP contribution in [0.2, 0.25) is 0 Å². The summed E-state index contributed by atoms with van der Waals surface area (Å²) in [5.41, 5.74) is 10.5. The molecule has 210 valence electrons. The van der Waals surface area contributed by atoms with Crippen LogP contribution in [0.15, 0.2) is 48.0 Å². The van der Waals surface area contributed by atoms with Gasteiger partial charge in [0.2, 0.25) is 10.0 Å². The van der Waals surface area contributed by atoms with Gasteiger partial charge in [-0.2, -0.15) is 0 Å². The van der Waals surface area contributed by atoms with Crippen LogP contribution in [0.5, 0.6) is 0 Å². The van der Waals surface area contributed by atoms with Crippen molar-refractivity contribution in [2.45, 2.75) is 50.4 Å². The van der Waals surface area contributed by atoms with Crippen molar-refractivity contribution in [2.24, 2.45) is 5.73 Å². The molecule has 0 spiro atoms. The van der Waals surface area contributed by atoms with Gasteiger partial charge < -0.3 is 16.0 Å². The molecule has 8 nitrogen and oxygen atoms in total. The fraction of sp³-hybridized carbons (Fsp3) is 0.464. The maximum Gasteiger partial charge on any atom is 0.214 e. The van der Waals surface area contributed by atoms with Crippen LogP contribution < -0.4 is 16.0 Å². The molecule has 4 heterocycles. The van der Waals surface area contributed by atoms with Crippen molar-refractivity contribution in [3.8, 4) is 0 Å². The molecule has 2 aromatic heterocycles. The summed E-state index contributed by atoms with van der Waals surface area (Å²) in [6.45, 7) is 5.69. The zero-order chi connectivity index (χ0) is 27.8. The Morgan fingerprint density at radius 1 is 1.21 bits per heavy atom. The number of fused-ring (bicyclic) bond motifs is 1. The highest BCUT2D eigenvalue weighted by molar-refractivity contribution is 8.04. The maximum atomic E-state index is 13.5. The van der Waals surface area contributed by atoms with Crippen molar-refractivity contribution >= 4 is 38.9 Å². The van der Waals surface area contributed by atoms with Gasteiger partial charge in [0.15, 0.2) is 4.99 Å². The number of pyridine rings is 1. The van der Waals surface area contributed by atoms with E-state index in [9.17, 15) is 12.8 Å². The Kier molecular flexibility index (Phi) is 7.96. The fourth-order valence-electron chi connectivity index (χ4n) is 5.41. The van der Waals surface area contributed by atoms with Gasteiger partial charge in [0.25, 0.3) is 0 Å². The van der Waals surface area contributed by atoms with Crippen molar-refractivity contribution in [3.63, 3.8) is 0 Å². The quantitative estimate of drug-likeness (QED) is 0.394. The summed E-state index contributed by atoms with van der Waals surface area (Å²) in [7, 11) is -1.18. The molecule has 0 aliphatic carbocycles. The Balaban J connectivity index is 1.37. The van der Waals surface area contributed by atoms with E-state index in [1.54, 1.807) is 28.2 Å². The molecule has 0 radical (unpaired) electrons. The van der Waals surface area contributed by atoms with Crippen LogP contribution >= 0.6 is 11.8 Å². The topological polar surface area (TPSA) is 96.0 Å². The third-order valence-corrected chi connectivity index (χ3v) is 11.0. The monoisotopic (exact) mass is 572 g/mol. The zero-order valence-electron chi connectivity index (χ0n) is 22.7. The minimum atomic E-state index is -3.25. The second-order valence-corrected chi connectivity index (χ2v) is 13.7. The maximum absolute atomic E-state index is 13.5. The van der Waals surface area contributed by atoms with Crippen LogP contribution in [0.1, 0.15) is 55.8 Å². The zero-order valence-corrected chi connectivity index (χ0v) is 24.4. The average Bonchev–Trinajstić information content (AvgIpc) is 3.53. The van der Waals surface area contributed by atoms with Crippen LogP contribution in [-0.2, 0) is 16.4 Å². The van der Waals surface area contributed by atoms with E-state index in [1.165, 1.54) is 17.7 Å². The van der Waals surface area contributed by atoms with E-state index in [-0.39, 0.29) is 17.5 Å². The first kappa shape index (κ1) is 27.9. The van der Waals surface area contributed by atoms with Crippen molar-refractivity contribution in [2.75, 3.05) is 37.3 Å². The smallest absolute Gasteiger partial charge is 0.214 e. The summed E-state index contributed by atoms with van der Waals surface area (Å²) in [4.78, 5) is 6.68. The lowest BCUT2D eigenvalue weighted by atomic mass is 9.91. The van der Waals surface area contributed by atoms with Crippen LogP contribution in [0.3, 0.4) is 0 Å². The highest BCUT2D eigenvalue weighted by Gasteiger charge is 2.37. The van der Waals surface area contributed by atoms with Crippen molar-refractivity contribution in [3.05, 3.63) is 70.6 Å². The van der Waals surface area contributed by atoms with E-state index in [0.717, 1.165) is 47.7 Å². The molecular formula is C28H37FN6O2S2. The third kappa shape index (κ3) is 5.54. The molecule has 39 heavy (non-hydrogen) atoms. The molecule has 0 amide bonds. The van der Waals surface area contributed by atoms with E-state index in [1.807, 2.05) is 0 Å². The summed E-state index contributed by atoms with van der Waals surface area (Å²) in [6.07, 6.45) is 5.02. The molecule has 5 rings (SSSR count). The molecule has 11 heteroatoms. The lowest BCUT2D eigenvalue weighted by Gasteiger charge is -2.37. The number of benzene rings is 1. The Morgan fingerprint density at radius 3 is 2.59 bits per heavy atom. The Labute approximate surface area is 234 Å². The van der Waals surface area contributed by atoms with Gasteiger partial charge in [-0.15, -0.1) is 0 Å². The molecule has 1 saturated heterocycles. The second-order valence-electron chi connectivity index (χ2n) is 10.4. The van der Waals surface area contributed by atoms with Gasteiger partial charge in [-0.1, -0.05) is 24.8 Å². The molecular weight excluding hydrogens is 535 g/mol. The Hall–Kier alpha value is -2.60. The van der Waals surface area contributed by atoms with Gasteiger partial charge in [-0.3, -0.25) is 4.40 Å². The standard InChI is InChI=1S/C28H37FN6O2S2/c1-4-24-27(33(3)28(2)32-25(19-38-28)21-6-9-23(29)10-7-21)35-18-22(8-11-26(35)31-24)20-12-15-34(16-13-20)39(36,37)17-5-14-30/h6-11,18-20,32H,4-5,12-17,30H2,1-3H3. The molecule has 2 aliphatic rings. The van der Waals surface area contributed by atoms with Crippen LogP contribution in [-0.4, -0.2) is 59.5 Å². The molecule has 0 saturated carbocycles. The Morgan fingerprint density at radius 2 is 1.92 bits per heavy atom. The average molecular weight is 573 g/mol. The Bertz CT molecular complexity index is 1470. The second kappa shape index (κ2) is 11.1. The van der Waals surface area contributed by atoms with E-state index >= 15 is 0 Å². The molecule has 3 N–H and O–H groups in total. The van der Waals surface area contributed by atoms with E-state index in [2.05, 4.69) is 59.3 Å². The first-order valence-corrected chi connectivity index (χ1v) is 16.0. The number of thioether (sulfide) groups is 1. The lowest BCUT2D eigenvalue weighted by molar-refractivity contribution is 0.319. The summed E-state index contributed by atoms with van der Waals surface area (Å²) >= 11 is 1.67. The summed E-state index contributed by atoms with van der Waals surface area (Å²) < 4.78 is 42.5. The predicted molar refractivity (Wildman–Crippen MR) is 157 cm³/mol. The number of rotatable bonds is 9. The molecule has 1 aromatic carbocycles. The summed E-state index contributed by atoms with van der Waals surface area (Å²) in [5.74, 6) is 1.17. The lowest BCUT2D eigenvalue weighted by Crippen LogP contribution is -2.50. The number of nitrogens with two attached hydrogens (primary N) is 1. The number of hydrogen-bond donors (Lipinski definition) is 2. The van der Waals surface area contributed by atoms with Crippen LogP contribution in [0, 0.1) is 5.82 Å². The molecule has 0 bridgehead atoms. The van der Waals surface area contributed by atoms with Crippen LogP contribution in [0.4, 0.5) is 10.2 Å². The molecule has 3 aromatic rings. The van der Waals surface area contributed by atoms with E-state index in [4.69, 9.17) is 10.7 Å². The predicted octanol–water partition coefficient (Wildman–Crippen LogP) is 4.34. The van der Waals surface area contributed by atoms with E-state index < -0.39 is 15.0 Å². The number of anilines is 1. The normalized spacial score (nSPS) is 20.8. The third-order valence-electron chi connectivity index (χ3n) is 7.83. The number of nitrogens with zero attached hydrogens (tertiary/aromatic N) is 4. The first-order valence-electron chi connectivity index (χ1n) is 13.5. The van der Waals surface area contributed by atoms with Gasteiger partial charge in [0, 0.05) is 26.3 Å². The molecule has 1 atom stereocenters. The summed E-state index contributed by atoms with van der Waals surface area (Å²) in [6, 6.07) is 10.7. The SMILES string of the molecule is CCc1nc2ccc(C3CCN(S(=O)(=O)CCCN)CC3)cn2c1N(C)C1(C)NC(c2ccc(F)cc2)=CS1. The van der Waals surface area contributed by atoms with Gasteiger partial charge in [-0.25, -0.2) is 22.1 Å². The van der Waals surface area contributed by atoms with Gasteiger partial charge in [0.1, 0.15) is 17.3 Å². The van der Waals surface area contributed by atoms with Gasteiger partial charge >= 0.3 is 0 Å². The fourth-order valence-corrected chi connectivity index (χ4v) is 7.92. The minimum absolute atomic E-state index is 0.118. The number of aryl methyl sites for hydroxylation is 1. The number of aromatic nitrogens is 2. The number of hydrogen-bond acceptors (Lipinski definition) is 7. The number of piperidine rings is 1. The van der Waals surface area contributed by atoms with Gasteiger partial charge in [0.05, 0.1) is 17.1 Å². The van der Waals surface area contributed by atoms with Crippen molar-refractivity contribution < 1.29 is 12.8 Å². The largest absolute Gasteiger partial charge is 0.353 e. The number of sulfonamides is 1. The van der Waals surface area contributed by atoms with Crippen molar-refractivity contribution in [1.82, 2.24) is 19.0 Å². The number of nitrogens with one attached hydrogen (secondary N) is 1. The number of halogens is 1. The highest BCUT2D eigenvalue weighted by Crippen LogP contribution is 2.41. The van der Waals surface area contributed by atoms with E-state index in [0.29, 0.717) is 26.1 Å². The highest BCUT2D eigenvalue weighted by atomic mass is 32.2.